The van der Waals surface area contributed by atoms with Gasteiger partial charge in [0.05, 0.1) is 18.1 Å². The fourth-order valence-electron chi connectivity index (χ4n) is 2.63. The molecule has 4 aromatic rings. The molecule has 0 aliphatic carbocycles. The lowest BCUT2D eigenvalue weighted by Gasteiger charge is -2.04. The van der Waals surface area contributed by atoms with E-state index >= 15 is 0 Å². The van der Waals surface area contributed by atoms with Crippen molar-refractivity contribution < 1.29 is 9.18 Å². The molecule has 0 saturated heterocycles. The maximum atomic E-state index is 12.9. The highest BCUT2D eigenvalue weighted by Crippen LogP contribution is 2.20. The molecule has 3 N–H and O–H groups in total. The van der Waals surface area contributed by atoms with Gasteiger partial charge < -0.3 is 15.3 Å². The molecule has 4 rings (SSSR count). The van der Waals surface area contributed by atoms with Crippen LogP contribution < -0.4 is 5.32 Å². The Kier molecular flexibility index (Phi) is 3.45. The maximum absolute atomic E-state index is 12.9. The first-order valence-electron chi connectivity index (χ1n) is 7.51. The van der Waals surface area contributed by atoms with Crippen molar-refractivity contribution in [3.05, 3.63) is 59.9 Å². The van der Waals surface area contributed by atoms with Gasteiger partial charge in [0.15, 0.2) is 0 Å². The lowest BCUT2D eigenvalue weighted by molar-refractivity contribution is -0.120. The summed E-state index contributed by atoms with van der Waals surface area (Å²) >= 11 is 0. The summed E-state index contributed by atoms with van der Waals surface area (Å²) in [6.45, 7) is 0.350. The van der Waals surface area contributed by atoms with E-state index in [0.717, 1.165) is 27.6 Å². The van der Waals surface area contributed by atoms with E-state index in [1.54, 1.807) is 24.5 Å². The molecule has 0 saturated carbocycles. The van der Waals surface area contributed by atoms with E-state index < -0.39 is 0 Å². The first kappa shape index (κ1) is 14.4. The molecule has 1 aromatic carbocycles. The Balaban J connectivity index is 1.47. The molecule has 1 amide bonds. The number of rotatable bonds is 4. The van der Waals surface area contributed by atoms with Crippen LogP contribution in [-0.2, 0) is 17.8 Å². The fraction of sp³-hybridized carbons (Fsp3) is 0.118. The summed E-state index contributed by atoms with van der Waals surface area (Å²) in [6, 6.07) is 7.94. The second kappa shape index (κ2) is 5.77. The van der Waals surface area contributed by atoms with Crippen LogP contribution >= 0.6 is 0 Å². The molecule has 0 aliphatic rings. The summed E-state index contributed by atoms with van der Waals surface area (Å²) in [7, 11) is 0. The van der Waals surface area contributed by atoms with Crippen LogP contribution in [-0.4, -0.2) is 25.8 Å². The van der Waals surface area contributed by atoms with E-state index in [4.69, 9.17) is 0 Å². The van der Waals surface area contributed by atoms with Crippen molar-refractivity contribution in [1.29, 1.82) is 0 Å². The third-order valence-corrected chi connectivity index (χ3v) is 3.81. The molecule has 6 nitrogen and oxygen atoms in total. The molecule has 0 radical (unpaired) electrons. The largest absolute Gasteiger partial charge is 0.352 e. The van der Waals surface area contributed by atoms with Gasteiger partial charge in [-0.15, -0.1) is 0 Å². The van der Waals surface area contributed by atoms with Gasteiger partial charge in [-0.1, -0.05) is 12.1 Å². The van der Waals surface area contributed by atoms with Gasteiger partial charge in [-0.2, -0.15) is 0 Å². The number of hydrogen-bond donors (Lipinski definition) is 3. The fourth-order valence-corrected chi connectivity index (χ4v) is 2.63. The normalized spacial score (nSPS) is 11.2. The molecule has 0 bridgehead atoms. The van der Waals surface area contributed by atoms with Gasteiger partial charge in [-0.3, -0.25) is 4.79 Å². The van der Waals surface area contributed by atoms with Crippen molar-refractivity contribution in [3.8, 4) is 0 Å². The van der Waals surface area contributed by atoms with Crippen LogP contribution in [0, 0.1) is 5.82 Å². The second-order valence-electron chi connectivity index (χ2n) is 5.52. The number of aromatic nitrogens is 4. The van der Waals surface area contributed by atoms with Gasteiger partial charge in [-0.05, 0) is 23.8 Å². The highest BCUT2D eigenvalue weighted by molar-refractivity contribution is 6.00. The van der Waals surface area contributed by atoms with Crippen LogP contribution in [0.1, 0.15) is 11.4 Å². The molecule has 0 unspecified atom stereocenters. The molecular weight excluding hydrogens is 309 g/mol. The number of fused-ring (bicyclic) bond motifs is 3. The van der Waals surface area contributed by atoms with Crippen LogP contribution in [0.2, 0.25) is 0 Å². The van der Waals surface area contributed by atoms with E-state index in [1.807, 2.05) is 6.07 Å². The Bertz CT molecular complexity index is 1020. The number of aromatic amines is 2. The summed E-state index contributed by atoms with van der Waals surface area (Å²) < 4.78 is 12.9. The van der Waals surface area contributed by atoms with Crippen molar-refractivity contribution in [1.82, 2.24) is 25.3 Å². The predicted molar refractivity (Wildman–Crippen MR) is 87.7 cm³/mol. The standard InChI is InChI=1S/C17H14FN5O/c18-11-3-1-10(2-4-11)8-20-15(24)7-14-22-13-9-21-17-12(5-6-19-17)16(13)23-14/h1-6,9H,7-8H2,(H,19,21)(H,20,24)(H,22,23). The Morgan fingerprint density at radius 2 is 2.04 bits per heavy atom. The zero-order valence-electron chi connectivity index (χ0n) is 12.6. The third kappa shape index (κ3) is 2.71. The number of carbonyl (C=O) groups excluding carboxylic acids is 1. The van der Waals surface area contributed by atoms with Crippen molar-refractivity contribution >= 4 is 28.0 Å². The van der Waals surface area contributed by atoms with Crippen LogP contribution in [0.3, 0.4) is 0 Å². The minimum Gasteiger partial charge on any atom is -0.352 e. The number of imidazole rings is 1. The summed E-state index contributed by atoms with van der Waals surface area (Å²) in [5, 5.41) is 3.72. The Morgan fingerprint density at radius 1 is 1.21 bits per heavy atom. The molecule has 0 atom stereocenters. The average Bonchev–Trinajstić information content (AvgIpc) is 3.19. The van der Waals surface area contributed by atoms with Gasteiger partial charge in [-0.25, -0.2) is 14.4 Å². The van der Waals surface area contributed by atoms with E-state index in [2.05, 4.69) is 25.3 Å². The topological polar surface area (TPSA) is 86.5 Å². The third-order valence-electron chi connectivity index (χ3n) is 3.81. The van der Waals surface area contributed by atoms with Gasteiger partial charge in [0, 0.05) is 18.1 Å². The monoisotopic (exact) mass is 323 g/mol. The smallest absolute Gasteiger partial charge is 0.227 e. The average molecular weight is 323 g/mol. The number of amides is 1. The predicted octanol–water partition coefficient (Wildman–Crippen LogP) is 2.44. The summed E-state index contributed by atoms with van der Waals surface area (Å²) in [5.41, 5.74) is 3.19. The Labute approximate surface area is 136 Å². The number of pyridine rings is 1. The molecule has 3 heterocycles. The highest BCUT2D eigenvalue weighted by Gasteiger charge is 2.11. The first-order chi connectivity index (χ1) is 11.7. The lowest BCUT2D eigenvalue weighted by Crippen LogP contribution is -2.24. The van der Waals surface area contributed by atoms with Crippen molar-refractivity contribution in [2.24, 2.45) is 0 Å². The van der Waals surface area contributed by atoms with E-state index in [-0.39, 0.29) is 18.1 Å². The molecule has 0 spiro atoms. The quantitative estimate of drug-likeness (QED) is 0.539. The molecule has 24 heavy (non-hydrogen) atoms. The molecule has 0 fully saturated rings. The number of nitrogens with one attached hydrogen (secondary N) is 3. The Morgan fingerprint density at radius 3 is 2.88 bits per heavy atom. The number of hydrogen-bond acceptors (Lipinski definition) is 3. The summed E-state index contributed by atoms with van der Waals surface area (Å²) in [6.07, 6.45) is 3.64. The van der Waals surface area contributed by atoms with E-state index in [9.17, 15) is 9.18 Å². The first-order valence-corrected chi connectivity index (χ1v) is 7.51. The van der Waals surface area contributed by atoms with Crippen molar-refractivity contribution in [3.63, 3.8) is 0 Å². The minimum atomic E-state index is -0.294. The lowest BCUT2D eigenvalue weighted by atomic mass is 10.2. The molecule has 120 valence electrons. The van der Waals surface area contributed by atoms with Crippen molar-refractivity contribution in [2.45, 2.75) is 13.0 Å². The van der Waals surface area contributed by atoms with E-state index in [1.165, 1.54) is 12.1 Å². The number of H-pyrrole nitrogens is 2. The minimum absolute atomic E-state index is 0.141. The summed E-state index contributed by atoms with van der Waals surface area (Å²) in [4.78, 5) is 27.0. The number of nitrogens with zero attached hydrogens (tertiary/aromatic N) is 2. The highest BCUT2D eigenvalue weighted by atomic mass is 19.1. The van der Waals surface area contributed by atoms with Crippen LogP contribution in [0.15, 0.2) is 42.7 Å². The Hall–Kier alpha value is -3.22. The van der Waals surface area contributed by atoms with Crippen molar-refractivity contribution in [2.75, 3.05) is 0 Å². The molecule has 3 aromatic heterocycles. The molecule has 0 aliphatic heterocycles. The van der Waals surface area contributed by atoms with Crippen LogP contribution in [0.5, 0.6) is 0 Å². The number of halogens is 1. The van der Waals surface area contributed by atoms with Crippen LogP contribution in [0.25, 0.3) is 22.1 Å². The van der Waals surface area contributed by atoms with Gasteiger partial charge in [0.1, 0.15) is 22.8 Å². The summed E-state index contributed by atoms with van der Waals surface area (Å²) in [5.74, 6) is 0.130. The van der Waals surface area contributed by atoms with Gasteiger partial charge in [0.2, 0.25) is 5.91 Å². The zero-order valence-corrected chi connectivity index (χ0v) is 12.6. The molecule has 7 heteroatoms. The van der Waals surface area contributed by atoms with Gasteiger partial charge >= 0.3 is 0 Å². The zero-order chi connectivity index (χ0) is 16.5. The SMILES string of the molecule is O=C(Cc1nc2c(cnc3[nH]ccc32)[nH]1)NCc1ccc(F)cc1. The second-order valence-corrected chi connectivity index (χ2v) is 5.52. The number of carbonyl (C=O) groups is 1. The van der Waals surface area contributed by atoms with Gasteiger partial charge in [0.25, 0.3) is 0 Å². The van der Waals surface area contributed by atoms with Crippen LogP contribution in [0.4, 0.5) is 4.39 Å². The molecular formula is C17H14FN5O. The van der Waals surface area contributed by atoms with E-state index in [0.29, 0.717) is 12.4 Å². The number of benzene rings is 1. The maximum Gasteiger partial charge on any atom is 0.227 e.